The van der Waals surface area contributed by atoms with E-state index in [0.29, 0.717) is 13.1 Å². The molecule has 2 aromatic heterocycles. The van der Waals surface area contributed by atoms with Crippen LogP contribution in [0.5, 0.6) is 0 Å². The van der Waals surface area contributed by atoms with Crippen LogP contribution in [0.4, 0.5) is 0 Å². The van der Waals surface area contributed by atoms with Gasteiger partial charge < -0.3 is 19.0 Å². The van der Waals surface area contributed by atoms with Crippen LogP contribution in [0, 0.1) is 20.8 Å². The minimum atomic E-state index is -0.551. The van der Waals surface area contributed by atoms with E-state index in [0.717, 1.165) is 33.4 Å². The largest absolute Gasteiger partial charge is 0.467 e. The molecule has 0 aliphatic heterocycles. The highest BCUT2D eigenvalue weighted by molar-refractivity contribution is 7.99. The van der Waals surface area contributed by atoms with Crippen LogP contribution < -0.4 is 5.32 Å². The van der Waals surface area contributed by atoms with Crippen molar-refractivity contribution >= 4 is 29.7 Å². The lowest BCUT2D eigenvalue weighted by Gasteiger charge is -2.07. The Morgan fingerprint density at radius 3 is 2.66 bits per heavy atom. The Morgan fingerprint density at radius 2 is 1.94 bits per heavy atom. The van der Waals surface area contributed by atoms with Gasteiger partial charge in [-0.05, 0) is 62.7 Å². The lowest BCUT2D eigenvalue weighted by Crippen LogP contribution is -2.30. The third-order valence-corrected chi connectivity index (χ3v) is 5.98. The Labute approximate surface area is 192 Å². The highest BCUT2D eigenvalue weighted by atomic mass is 32.2. The number of nitrogens with zero attached hydrogens (tertiary/aromatic N) is 1. The lowest BCUT2D eigenvalue weighted by molar-refractivity contribution is -0.143. The molecular formula is C25H28N2O4S. The Bertz CT molecular complexity index is 1070. The van der Waals surface area contributed by atoms with Gasteiger partial charge in [0.25, 0.3) is 5.91 Å². The van der Waals surface area contributed by atoms with Crippen LogP contribution in [0.1, 0.15) is 28.3 Å². The first-order chi connectivity index (χ1) is 15.4. The quantitative estimate of drug-likeness (QED) is 0.212. The van der Waals surface area contributed by atoms with Crippen molar-refractivity contribution in [1.29, 1.82) is 0 Å². The average Bonchev–Trinajstić information content (AvgIpc) is 3.39. The molecular weight excluding hydrogens is 424 g/mol. The zero-order valence-corrected chi connectivity index (χ0v) is 19.4. The fourth-order valence-corrected chi connectivity index (χ4v) is 3.95. The minimum absolute atomic E-state index is 0.296. The molecule has 0 fully saturated rings. The second kappa shape index (κ2) is 11.4. The maximum absolute atomic E-state index is 12.0. The summed E-state index contributed by atoms with van der Waals surface area (Å²) in [6, 6.07) is 14.0. The minimum Gasteiger partial charge on any atom is -0.467 e. The highest BCUT2D eigenvalue weighted by Gasteiger charge is 2.10. The number of amides is 1. The summed E-state index contributed by atoms with van der Waals surface area (Å²) in [4.78, 5) is 25.1. The number of furan rings is 1. The maximum atomic E-state index is 12.0. The molecule has 32 heavy (non-hydrogen) atoms. The standard InChI is InChI=1S/C25H28N2O4S/c1-18-6-9-23(10-7-18)32-14-12-26-24(28)17-31-25(29)11-8-21-15-19(2)27(20(21)3)16-22-5-4-13-30-22/h4-11,13,15H,12,14,16-17H2,1-3H3,(H,26,28)/b11-8+. The number of benzene rings is 1. The van der Waals surface area contributed by atoms with Gasteiger partial charge in [-0.25, -0.2) is 4.79 Å². The Kier molecular flexibility index (Phi) is 8.39. The second-order valence-electron chi connectivity index (χ2n) is 7.44. The lowest BCUT2D eigenvalue weighted by atomic mass is 10.2. The molecule has 1 amide bonds. The first-order valence-corrected chi connectivity index (χ1v) is 11.4. The predicted molar refractivity (Wildman–Crippen MR) is 127 cm³/mol. The van der Waals surface area contributed by atoms with Gasteiger partial charge >= 0.3 is 5.97 Å². The summed E-state index contributed by atoms with van der Waals surface area (Å²) < 4.78 is 12.6. The van der Waals surface area contributed by atoms with Gasteiger partial charge in [-0.1, -0.05) is 17.7 Å². The van der Waals surface area contributed by atoms with Gasteiger partial charge in [0.2, 0.25) is 0 Å². The summed E-state index contributed by atoms with van der Waals surface area (Å²) in [5, 5.41) is 2.76. The van der Waals surface area contributed by atoms with Crippen LogP contribution in [-0.4, -0.2) is 35.3 Å². The van der Waals surface area contributed by atoms with Gasteiger partial charge in [-0.2, -0.15) is 0 Å². The smallest absolute Gasteiger partial charge is 0.331 e. The molecule has 168 valence electrons. The van der Waals surface area contributed by atoms with Crippen molar-refractivity contribution in [2.45, 2.75) is 32.2 Å². The van der Waals surface area contributed by atoms with Gasteiger partial charge in [0.15, 0.2) is 6.61 Å². The van der Waals surface area contributed by atoms with E-state index >= 15 is 0 Å². The van der Waals surface area contributed by atoms with E-state index in [1.165, 1.54) is 11.6 Å². The van der Waals surface area contributed by atoms with E-state index in [-0.39, 0.29) is 12.5 Å². The number of carbonyl (C=O) groups excluding carboxylic acids is 2. The molecule has 0 bridgehead atoms. The zero-order chi connectivity index (χ0) is 22.9. The molecule has 0 spiro atoms. The van der Waals surface area contributed by atoms with E-state index in [4.69, 9.17) is 9.15 Å². The molecule has 0 saturated heterocycles. The molecule has 0 saturated carbocycles. The number of rotatable bonds is 10. The zero-order valence-electron chi connectivity index (χ0n) is 18.6. The predicted octanol–water partition coefficient (Wildman–Crippen LogP) is 4.52. The third kappa shape index (κ3) is 6.92. The van der Waals surface area contributed by atoms with E-state index in [9.17, 15) is 9.59 Å². The van der Waals surface area contributed by atoms with Crippen LogP contribution in [0.25, 0.3) is 6.08 Å². The number of thioether (sulfide) groups is 1. The monoisotopic (exact) mass is 452 g/mol. The summed E-state index contributed by atoms with van der Waals surface area (Å²) in [5.74, 6) is 0.749. The molecule has 0 aliphatic carbocycles. The van der Waals surface area contributed by atoms with Crippen LogP contribution in [0.15, 0.2) is 64.1 Å². The van der Waals surface area contributed by atoms with Gasteiger partial charge in [0.05, 0.1) is 12.8 Å². The van der Waals surface area contributed by atoms with Crippen LogP contribution >= 0.6 is 11.8 Å². The number of hydrogen-bond donors (Lipinski definition) is 1. The SMILES string of the molecule is Cc1ccc(SCCNC(=O)COC(=O)/C=C/c2cc(C)n(Cc3ccco3)c2C)cc1. The molecule has 2 heterocycles. The molecule has 3 rings (SSSR count). The molecule has 7 heteroatoms. The topological polar surface area (TPSA) is 73.5 Å². The van der Waals surface area contributed by atoms with E-state index < -0.39 is 5.97 Å². The summed E-state index contributed by atoms with van der Waals surface area (Å²) in [6.45, 7) is 6.88. The first kappa shape index (κ1) is 23.5. The Balaban J connectivity index is 1.39. The molecule has 6 nitrogen and oxygen atoms in total. The van der Waals surface area contributed by atoms with Crippen molar-refractivity contribution in [3.8, 4) is 0 Å². The number of aryl methyl sites for hydroxylation is 2. The van der Waals surface area contributed by atoms with E-state index in [1.54, 1.807) is 24.1 Å². The molecule has 0 radical (unpaired) electrons. The van der Waals surface area contributed by atoms with Gasteiger partial charge in [-0.3, -0.25) is 4.79 Å². The fraction of sp³-hybridized carbons (Fsp3) is 0.280. The van der Waals surface area contributed by atoms with E-state index in [2.05, 4.69) is 34.1 Å². The fourth-order valence-electron chi connectivity index (χ4n) is 3.19. The summed E-state index contributed by atoms with van der Waals surface area (Å²) >= 11 is 1.67. The summed E-state index contributed by atoms with van der Waals surface area (Å²) in [7, 11) is 0. The van der Waals surface area contributed by atoms with Crippen LogP contribution in [0.3, 0.4) is 0 Å². The molecule has 3 aromatic rings. The number of nitrogens with one attached hydrogen (secondary N) is 1. The van der Waals surface area contributed by atoms with Crippen LogP contribution in [0.2, 0.25) is 0 Å². The maximum Gasteiger partial charge on any atom is 0.331 e. The average molecular weight is 453 g/mol. The number of hydrogen-bond acceptors (Lipinski definition) is 5. The number of aromatic nitrogens is 1. The number of esters is 1. The van der Waals surface area contributed by atoms with Crippen molar-refractivity contribution in [2.24, 2.45) is 0 Å². The van der Waals surface area contributed by atoms with E-state index in [1.807, 2.05) is 39.0 Å². The van der Waals surface area contributed by atoms with Crippen molar-refractivity contribution in [1.82, 2.24) is 9.88 Å². The first-order valence-electron chi connectivity index (χ1n) is 10.4. The second-order valence-corrected chi connectivity index (χ2v) is 8.61. The van der Waals surface area contributed by atoms with Crippen LogP contribution in [-0.2, 0) is 20.9 Å². The molecule has 1 aromatic carbocycles. The van der Waals surface area contributed by atoms with Gasteiger partial charge in [0.1, 0.15) is 5.76 Å². The molecule has 0 atom stereocenters. The van der Waals surface area contributed by atoms with Gasteiger partial charge in [0, 0.05) is 34.7 Å². The van der Waals surface area contributed by atoms with Crippen molar-refractivity contribution in [3.63, 3.8) is 0 Å². The van der Waals surface area contributed by atoms with Gasteiger partial charge in [-0.15, -0.1) is 11.8 Å². The number of ether oxygens (including phenoxy) is 1. The summed E-state index contributed by atoms with van der Waals surface area (Å²) in [5.41, 5.74) is 4.22. The van der Waals surface area contributed by atoms with Crippen molar-refractivity contribution in [2.75, 3.05) is 18.9 Å². The summed E-state index contributed by atoms with van der Waals surface area (Å²) in [6.07, 6.45) is 4.71. The Hall–Kier alpha value is -3.19. The highest BCUT2D eigenvalue weighted by Crippen LogP contribution is 2.19. The Morgan fingerprint density at radius 1 is 1.16 bits per heavy atom. The molecule has 1 N–H and O–H groups in total. The molecule has 0 aliphatic rings. The number of carbonyl (C=O) groups is 2. The normalized spacial score (nSPS) is 11.1. The third-order valence-electron chi connectivity index (χ3n) is 4.97. The van der Waals surface area contributed by atoms with Crippen molar-refractivity contribution < 1.29 is 18.7 Å². The molecule has 0 unspecified atom stereocenters. The van der Waals surface area contributed by atoms with Crippen molar-refractivity contribution in [3.05, 3.63) is 83.1 Å².